The Kier molecular flexibility index (Phi) is 4.61. The van der Waals surface area contributed by atoms with Crippen LogP contribution >= 0.6 is 22.9 Å². The standard InChI is InChI=1S/C15H19ClN2S/c1-15(2,3)14-18-13(10-19-14)9-17-8-11-4-6-12(16)7-5-11/h4-7,10,17H,8-9H2,1-3H3. The second-order valence-corrected chi connectivity index (χ2v) is 6.92. The number of nitrogens with one attached hydrogen (secondary N) is 1. The van der Waals surface area contributed by atoms with E-state index in [2.05, 4.69) is 36.5 Å². The average molecular weight is 295 g/mol. The number of nitrogens with zero attached hydrogens (tertiary/aromatic N) is 1. The summed E-state index contributed by atoms with van der Waals surface area (Å²) in [6, 6.07) is 7.91. The van der Waals surface area contributed by atoms with Gasteiger partial charge < -0.3 is 5.32 Å². The second-order valence-electron chi connectivity index (χ2n) is 5.62. The summed E-state index contributed by atoms with van der Waals surface area (Å²) in [6.07, 6.45) is 0. The Morgan fingerprint density at radius 1 is 1.16 bits per heavy atom. The SMILES string of the molecule is CC(C)(C)c1nc(CNCc2ccc(Cl)cc2)cs1. The van der Waals surface area contributed by atoms with E-state index >= 15 is 0 Å². The van der Waals surface area contributed by atoms with Crippen LogP contribution in [0.3, 0.4) is 0 Å². The predicted molar refractivity (Wildman–Crippen MR) is 82.8 cm³/mol. The van der Waals surface area contributed by atoms with Crippen LogP contribution in [0.15, 0.2) is 29.6 Å². The molecule has 0 aliphatic carbocycles. The van der Waals surface area contributed by atoms with E-state index in [0.29, 0.717) is 0 Å². The molecule has 0 saturated heterocycles. The van der Waals surface area contributed by atoms with Crippen LogP contribution in [0.5, 0.6) is 0 Å². The second kappa shape index (κ2) is 6.04. The Morgan fingerprint density at radius 3 is 2.42 bits per heavy atom. The lowest BCUT2D eigenvalue weighted by Crippen LogP contribution is -2.14. The van der Waals surface area contributed by atoms with Crippen LogP contribution in [-0.4, -0.2) is 4.98 Å². The van der Waals surface area contributed by atoms with E-state index in [9.17, 15) is 0 Å². The van der Waals surface area contributed by atoms with Gasteiger partial charge >= 0.3 is 0 Å². The van der Waals surface area contributed by atoms with Crippen LogP contribution < -0.4 is 5.32 Å². The monoisotopic (exact) mass is 294 g/mol. The topological polar surface area (TPSA) is 24.9 Å². The summed E-state index contributed by atoms with van der Waals surface area (Å²) in [6.45, 7) is 8.21. The Hall–Kier alpha value is -0.900. The Labute approximate surface area is 123 Å². The van der Waals surface area contributed by atoms with E-state index in [4.69, 9.17) is 11.6 Å². The van der Waals surface area contributed by atoms with E-state index in [1.165, 1.54) is 10.6 Å². The van der Waals surface area contributed by atoms with Crippen molar-refractivity contribution >= 4 is 22.9 Å². The first-order chi connectivity index (χ1) is 8.95. The first-order valence-electron chi connectivity index (χ1n) is 6.35. The van der Waals surface area contributed by atoms with Crippen molar-refractivity contribution in [2.24, 2.45) is 0 Å². The highest BCUT2D eigenvalue weighted by Gasteiger charge is 2.17. The number of hydrogen-bond donors (Lipinski definition) is 1. The molecule has 0 amide bonds. The highest BCUT2D eigenvalue weighted by atomic mass is 35.5. The molecule has 0 atom stereocenters. The van der Waals surface area contributed by atoms with Gasteiger partial charge in [-0.3, -0.25) is 0 Å². The molecule has 19 heavy (non-hydrogen) atoms. The fourth-order valence-corrected chi connectivity index (χ4v) is 2.70. The molecule has 2 aromatic rings. The van der Waals surface area contributed by atoms with E-state index < -0.39 is 0 Å². The van der Waals surface area contributed by atoms with E-state index in [1.54, 1.807) is 11.3 Å². The van der Waals surface area contributed by atoms with Gasteiger partial charge in [-0.25, -0.2) is 4.98 Å². The van der Waals surface area contributed by atoms with Crippen LogP contribution in [0.4, 0.5) is 0 Å². The first kappa shape index (κ1) is 14.5. The highest BCUT2D eigenvalue weighted by Crippen LogP contribution is 2.25. The zero-order valence-electron chi connectivity index (χ0n) is 11.5. The summed E-state index contributed by atoms with van der Waals surface area (Å²) < 4.78 is 0. The minimum Gasteiger partial charge on any atom is -0.307 e. The summed E-state index contributed by atoms with van der Waals surface area (Å²) in [7, 11) is 0. The maximum Gasteiger partial charge on any atom is 0.0982 e. The lowest BCUT2D eigenvalue weighted by Gasteiger charge is -2.13. The van der Waals surface area contributed by atoms with Crippen molar-refractivity contribution in [2.75, 3.05) is 0 Å². The molecule has 1 aromatic heterocycles. The number of halogens is 1. The van der Waals surface area contributed by atoms with Gasteiger partial charge in [0.25, 0.3) is 0 Å². The van der Waals surface area contributed by atoms with Gasteiger partial charge in [0, 0.05) is 28.9 Å². The third-order valence-corrected chi connectivity index (χ3v) is 4.31. The van der Waals surface area contributed by atoms with Crippen LogP contribution in [0.2, 0.25) is 5.02 Å². The Bertz CT molecular complexity index is 526. The maximum absolute atomic E-state index is 5.86. The molecule has 1 aromatic carbocycles. The average Bonchev–Trinajstić information content (AvgIpc) is 2.80. The van der Waals surface area contributed by atoms with E-state index in [0.717, 1.165) is 23.8 Å². The van der Waals surface area contributed by atoms with E-state index in [1.807, 2.05) is 24.3 Å². The van der Waals surface area contributed by atoms with Crippen molar-refractivity contribution in [2.45, 2.75) is 39.3 Å². The van der Waals surface area contributed by atoms with Crippen LogP contribution in [0, 0.1) is 0 Å². The normalized spacial score (nSPS) is 11.8. The Balaban J connectivity index is 1.86. The van der Waals surface area contributed by atoms with Crippen molar-refractivity contribution in [3.05, 3.63) is 50.9 Å². The van der Waals surface area contributed by atoms with Gasteiger partial charge in [-0.2, -0.15) is 0 Å². The van der Waals surface area contributed by atoms with Crippen molar-refractivity contribution in [1.82, 2.24) is 10.3 Å². The Morgan fingerprint density at radius 2 is 1.84 bits per heavy atom. The van der Waals surface area contributed by atoms with Gasteiger partial charge in [-0.15, -0.1) is 11.3 Å². The molecule has 0 spiro atoms. The lowest BCUT2D eigenvalue weighted by molar-refractivity contribution is 0.579. The molecule has 0 fully saturated rings. The fourth-order valence-electron chi connectivity index (χ4n) is 1.67. The third-order valence-electron chi connectivity index (χ3n) is 2.74. The molecule has 0 aliphatic rings. The molecule has 102 valence electrons. The van der Waals surface area contributed by atoms with Crippen molar-refractivity contribution in [1.29, 1.82) is 0 Å². The molecule has 1 N–H and O–H groups in total. The number of benzene rings is 1. The minimum atomic E-state index is 0.138. The van der Waals surface area contributed by atoms with Crippen LogP contribution in [-0.2, 0) is 18.5 Å². The molecule has 0 bridgehead atoms. The highest BCUT2D eigenvalue weighted by molar-refractivity contribution is 7.09. The van der Waals surface area contributed by atoms with Crippen LogP contribution in [0.25, 0.3) is 0 Å². The van der Waals surface area contributed by atoms with Crippen molar-refractivity contribution in [3.8, 4) is 0 Å². The third kappa shape index (κ3) is 4.30. The fraction of sp³-hybridized carbons (Fsp3) is 0.400. The molecular formula is C15H19ClN2S. The lowest BCUT2D eigenvalue weighted by atomic mass is 9.98. The summed E-state index contributed by atoms with van der Waals surface area (Å²) in [4.78, 5) is 4.66. The summed E-state index contributed by atoms with van der Waals surface area (Å²) in [5, 5.41) is 7.50. The van der Waals surface area contributed by atoms with Gasteiger partial charge in [0.15, 0.2) is 0 Å². The molecule has 1 heterocycles. The van der Waals surface area contributed by atoms with Gasteiger partial charge in [0.2, 0.25) is 0 Å². The van der Waals surface area contributed by atoms with Gasteiger partial charge in [-0.1, -0.05) is 44.5 Å². The number of thiazole rings is 1. The van der Waals surface area contributed by atoms with Gasteiger partial charge in [-0.05, 0) is 17.7 Å². The summed E-state index contributed by atoms with van der Waals surface area (Å²) in [5.41, 5.74) is 2.48. The molecule has 2 nitrogen and oxygen atoms in total. The van der Waals surface area contributed by atoms with Crippen molar-refractivity contribution in [3.63, 3.8) is 0 Å². The molecule has 0 aliphatic heterocycles. The number of rotatable bonds is 4. The van der Waals surface area contributed by atoms with E-state index in [-0.39, 0.29) is 5.41 Å². The molecule has 0 unspecified atom stereocenters. The zero-order valence-corrected chi connectivity index (χ0v) is 13.1. The molecular weight excluding hydrogens is 276 g/mol. The largest absolute Gasteiger partial charge is 0.307 e. The summed E-state index contributed by atoms with van der Waals surface area (Å²) in [5.74, 6) is 0. The van der Waals surface area contributed by atoms with Crippen LogP contribution in [0.1, 0.15) is 37.0 Å². The van der Waals surface area contributed by atoms with Gasteiger partial charge in [0.05, 0.1) is 10.7 Å². The summed E-state index contributed by atoms with van der Waals surface area (Å²) >= 11 is 7.59. The van der Waals surface area contributed by atoms with Crippen molar-refractivity contribution < 1.29 is 0 Å². The zero-order chi connectivity index (χ0) is 13.9. The molecule has 0 saturated carbocycles. The molecule has 0 radical (unpaired) electrons. The van der Waals surface area contributed by atoms with Gasteiger partial charge in [0.1, 0.15) is 0 Å². The smallest absolute Gasteiger partial charge is 0.0982 e. The molecule has 2 rings (SSSR count). The minimum absolute atomic E-state index is 0.138. The number of aromatic nitrogens is 1. The molecule has 4 heteroatoms. The number of hydrogen-bond acceptors (Lipinski definition) is 3. The maximum atomic E-state index is 5.86. The predicted octanol–water partition coefficient (Wildman–Crippen LogP) is 4.38. The first-order valence-corrected chi connectivity index (χ1v) is 7.61. The quantitative estimate of drug-likeness (QED) is 0.905.